The Balaban J connectivity index is 1.66. The minimum atomic E-state index is -0.968. The Morgan fingerprint density at radius 1 is 1.29 bits per heavy atom. The predicted octanol–water partition coefficient (Wildman–Crippen LogP) is 2.43. The van der Waals surface area contributed by atoms with Gasteiger partial charge in [0, 0.05) is 11.3 Å². The lowest BCUT2D eigenvalue weighted by atomic mass is 9.35. The third kappa shape index (κ3) is 1.40. The molecule has 4 unspecified atom stereocenters. The molecule has 6 fully saturated rings. The quantitative estimate of drug-likeness (QED) is 0.528. The lowest BCUT2D eigenvalue weighted by Crippen LogP contribution is -2.74. The van der Waals surface area contributed by atoms with Crippen LogP contribution in [0.5, 0.6) is 0 Å². The lowest BCUT2D eigenvalue weighted by Gasteiger charge is -2.71. The molecule has 0 aromatic heterocycles. The Hall–Kier alpha value is -0.870. The maximum absolute atomic E-state index is 13.2. The van der Waals surface area contributed by atoms with Crippen molar-refractivity contribution in [3.8, 4) is 0 Å². The summed E-state index contributed by atoms with van der Waals surface area (Å²) in [7, 11) is 0. The molecule has 1 aliphatic heterocycles. The number of hydrogen-bond acceptors (Lipinski definition) is 4. The summed E-state index contributed by atoms with van der Waals surface area (Å²) in [5.41, 5.74) is -0.645. The van der Waals surface area contributed by atoms with Gasteiger partial charge in [0.05, 0.1) is 17.1 Å². The molecule has 1 saturated heterocycles. The largest absolute Gasteiger partial charge is 0.462 e. The summed E-state index contributed by atoms with van der Waals surface area (Å²) in [5, 5.41) is 22.2. The maximum Gasteiger partial charge on any atom is 0.312 e. The standard InChI is InChI=1S/C20H28O4/c1-10-12-7-13-16(20(10,23)9-12)14(21)8-15-18(3)5-4-6-19(13,15)17(22)24-11(18)2/h11-16,21,23H,1,4-9H2,2-3H3/t11-,12?,13?,14+,15?,16?,18-,19+,20+/m0/s1. The highest BCUT2D eigenvalue weighted by molar-refractivity contribution is 5.80. The fraction of sp³-hybridized carbons (Fsp3) is 0.850. The summed E-state index contributed by atoms with van der Waals surface area (Å²) < 4.78 is 5.89. The molecule has 6 aliphatic rings. The fourth-order valence-electron chi connectivity index (χ4n) is 7.63. The van der Waals surface area contributed by atoms with E-state index in [4.69, 9.17) is 4.74 Å². The number of carbonyl (C=O) groups is 1. The molecule has 24 heavy (non-hydrogen) atoms. The molecule has 5 aliphatic carbocycles. The van der Waals surface area contributed by atoms with Gasteiger partial charge in [-0.15, -0.1) is 0 Å². The van der Waals surface area contributed by atoms with Gasteiger partial charge < -0.3 is 14.9 Å². The van der Waals surface area contributed by atoms with Crippen LogP contribution in [0.1, 0.15) is 52.4 Å². The summed E-state index contributed by atoms with van der Waals surface area (Å²) in [4.78, 5) is 13.2. The van der Waals surface area contributed by atoms with Gasteiger partial charge in [0.1, 0.15) is 6.10 Å². The Kier molecular flexibility index (Phi) is 2.74. The highest BCUT2D eigenvalue weighted by atomic mass is 16.5. The molecule has 4 nitrogen and oxygen atoms in total. The molecule has 0 amide bonds. The van der Waals surface area contributed by atoms with Crippen molar-refractivity contribution in [2.45, 2.75) is 70.2 Å². The highest BCUT2D eigenvalue weighted by Crippen LogP contribution is 2.72. The Labute approximate surface area is 143 Å². The average Bonchev–Trinajstić information content (AvgIpc) is 2.53. The van der Waals surface area contributed by atoms with Gasteiger partial charge in [0.2, 0.25) is 0 Å². The van der Waals surface area contributed by atoms with Gasteiger partial charge in [0.25, 0.3) is 0 Å². The fourth-order valence-corrected chi connectivity index (χ4v) is 7.63. The van der Waals surface area contributed by atoms with Gasteiger partial charge in [-0.2, -0.15) is 0 Å². The molecule has 4 bridgehead atoms. The molecule has 0 aromatic carbocycles. The van der Waals surface area contributed by atoms with Gasteiger partial charge in [-0.3, -0.25) is 4.79 Å². The number of ether oxygens (including phenoxy) is 1. The van der Waals surface area contributed by atoms with E-state index in [-0.39, 0.29) is 35.2 Å². The van der Waals surface area contributed by atoms with Crippen LogP contribution in [0.4, 0.5) is 0 Å². The number of aliphatic hydroxyl groups excluding tert-OH is 1. The van der Waals surface area contributed by atoms with Crippen LogP contribution in [-0.4, -0.2) is 34.0 Å². The van der Waals surface area contributed by atoms with Crippen molar-refractivity contribution in [1.82, 2.24) is 0 Å². The second kappa shape index (κ2) is 4.27. The van der Waals surface area contributed by atoms with Crippen molar-refractivity contribution in [2.24, 2.45) is 34.5 Å². The average molecular weight is 332 g/mol. The van der Waals surface area contributed by atoms with Gasteiger partial charge in [-0.1, -0.05) is 19.9 Å². The second-order valence-electron chi connectivity index (χ2n) is 9.52. The number of cyclic esters (lactones) is 1. The van der Waals surface area contributed by atoms with Gasteiger partial charge in [-0.05, 0) is 62.4 Å². The van der Waals surface area contributed by atoms with Crippen LogP contribution in [0.25, 0.3) is 0 Å². The molecule has 1 heterocycles. The smallest absolute Gasteiger partial charge is 0.312 e. The normalized spacial score (nSPS) is 61.3. The number of aliphatic hydroxyl groups is 2. The van der Waals surface area contributed by atoms with E-state index >= 15 is 0 Å². The van der Waals surface area contributed by atoms with Gasteiger partial charge >= 0.3 is 5.97 Å². The zero-order chi connectivity index (χ0) is 17.1. The first-order valence-corrected chi connectivity index (χ1v) is 9.56. The van der Waals surface area contributed by atoms with Crippen LogP contribution in [-0.2, 0) is 9.53 Å². The molecular weight excluding hydrogens is 304 g/mol. The molecule has 0 radical (unpaired) electrons. The van der Waals surface area contributed by atoms with E-state index in [1.54, 1.807) is 0 Å². The number of hydrogen-bond donors (Lipinski definition) is 2. The zero-order valence-electron chi connectivity index (χ0n) is 14.6. The Morgan fingerprint density at radius 3 is 2.75 bits per heavy atom. The first kappa shape index (κ1) is 15.4. The van der Waals surface area contributed by atoms with E-state index in [0.29, 0.717) is 18.8 Å². The third-order valence-corrected chi connectivity index (χ3v) is 9.00. The van der Waals surface area contributed by atoms with Crippen molar-refractivity contribution in [3.05, 3.63) is 12.2 Å². The van der Waals surface area contributed by atoms with Crippen LogP contribution in [0.2, 0.25) is 0 Å². The molecule has 4 heteroatoms. The monoisotopic (exact) mass is 332 g/mol. The Morgan fingerprint density at radius 2 is 2.04 bits per heavy atom. The van der Waals surface area contributed by atoms with Crippen molar-refractivity contribution in [2.75, 3.05) is 0 Å². The van der Waals surface area contributed by atoms with Crippen molar-refractivity contribution >= 4 is 5.97 Å². The number of rotatable bonds is 0. The predicted molar refractivity (Wildman–Crippen MR) is 87.9 cm³/mol. The van der Waals surface area contributed by atoms with Crippen LogP contribution >= 0.6 is 0 Å². The summed E-state index contributed by atoms with van der Waals surface area (Å²) in [5.74, 6) is 0.182. The molecule has 0 aromatic rings. The number of esters is 1. The van der Waals surface area contributed by atoms with E-state index < -0.39 is 17.1 Å². The molecule has 5 saturated carbocycles. The summed E-state index contributed by atoms with van der Waals surface area (Å²) >= 11 is 0. The maximum atomic E-state index is 13.2. The lowest BCUT2D eigenvalue weighted by molar-refractivity contribution is -0.278. The highest BCUT2D eigenvalue weighted by Gasteiger charge is 2.75. The molecule has 132 valence electrons. The van der Waals surface area contributed by atoms with E-state index in [1.807, 2.05) is 6.92 Å². The van der Waals surface area contributed by atoms with Crippen LogP contribution in [0.3, 0.4) is 0 Å². The third-order valence-electron chi connectivity index (χ3n) is 9.00. The molecule has 6 rings (SSSR count). The topological polar surface area (TPSA) is 66.8 Å². The van der Waals surface area contributed by atoms with E-state index in [9.17, 15) is 15.0 Å². The first-order chi connectivity index (χ1) is 11.2. The summed E-state index contributed by atoms with van der Waals surface area (Å²) in [6, 6.07) is 0. The number of carbonyl (C=O) groups excluding carboxylic acids is 1. The van der Waals surface area contributed by atoms with Crippen molar-refractivity contribution < 1.29 is 19.7 Å². The van der Waals surface area contributed by atoms with Crippen molar-refractivity contribution in [1.29, 1.82) is 0 Å². The Bertz CT molecular complexity index is 644. The summed E-state index contributed by atoms with van der Waals surface area (Å²) in [6.07, 6.45) is 4.48. The second-order valence-corrected chi connectivity index (χ2v) is 9.52. The van der Waals surface area contributed by atoms with Crippen LogP contribution < -0.4 is 0 Å². The van der Waals surface area contributed by atoms with Crippen LogP contribution in [0, 0.1) is 34.5 Å². The van der Waals surface area contributed by atoms with E-state index in [0.717, 1.165) is 31.3 Å². The van der Waals surface area contributed by atoms with E-state index in [2.05, 4.69) is 13.5 Å². The minimum absolute atomic E-state index is 0.0279. The SMILES string of the molecule is C=C1C2CC3C([C@H](O)CC4[C@@]35CCC[C@@]4(C)[C@H](C)OC5=O)[C@@]1(O)C2. The minimum Gasteiger partial charge on any atom is -0.462 e. The zero-order valence-corrected chi connectivity index (χ0v) is 14.6. The van der Waals surface area contributed by atoms with Gasteiger partial charge in [0.15, 0.2) is 0 Å². The van der Waals surface area contributed by atoms with Gasteiger partial charge in [-0.25, -0.2) is 0 Å². The van der Waals surface area contributed by atoms with Crippen LogP contribution in [0.15, 0.2) is 12.2 Å². The van der Waals surface area contributed by atoms with Crippen molar-refractivity contribution in [3.63, 3.8) is 0 Å². The van der Waals surface area contributed by atoms with E-state index in [1.165, 1.54) is 0 Å². The molecular formula is C20H28O4. The molecule has 0 spiro atoms. The summed E-state index contributed by atoms with van der Waals surface area (Å²) in [6.45, 7) is 8.35. The molecule has 2 N–H and O–H groups in total. The first-order valence-electron chi connectivity index (χ1n) is 9.56. The molecule has 9 atom stereocenters.